The number of thioether (sulfide) groups is 1. The first kappa shape index (κ1) is 12.7. The van der Waals surface area contributed by atoms with Crippen molar-refractivity contribution in [3.63, 3.8) is 0 Å². The Labute approximate surface area is 96.3 Å². The monoisotopic (exact) mass is 231 g/mol. The van der Waals surface area contributed by atoms with E-state index in [9.17, 15) is 4.79 Å². The molecule has 1 rings (SSSR count). The number of carbonyl (C=O) groups is 1. The molecule has 1 aliphatic heterocycles. The van der Waals surface area contributed by atoms with Gasteiger partial charge in [-0.2, -0.15) is 11.8 Å². The van der Waals surface area contributed by atoms with Crippen LogP contribution < -0.4 is 5.32 Å². The van der Waals surface area contributed by atoms with Gasteiger partial charge in [0.2, 0.25) is 0 Å². The highest BCUT2D eigenvalue weighted by Gasteiger charge is 2.23. The van der Waals surface area contributed by atoms with Crippen molar-refractivity contribution in [1.82, 2.24) is 5.32 Å². The van der Waals surface area contributed by atoms with Gasteiger partial charge in [0.05, 0.1) is 0 Å². The summed E-state index contributed by atoms with van der Waals surface area (Å²) in [4.78, 5) is 11.5. The minimum atomic E-state index is -0.404. The molecule has 0 aromatic carbocycles. The van der Waals surface area contributed by atoms with Crippen molar-refractivity contribution in [3.05, 3.63) is 0 Å². The molecule has 1 fully saturated rings. The number of alkyl carbamates (subject to hydrolysis) is 1. The zero-order valence-corrected chi connectivity index (χ0v) is 10.8. The predicted octanol–water partition coefficient (Wildman–Crippen LogP) is 2.80. The highest BCUT2D eigenvalue weighted by atomic mass is 32.2. The van der Waals surface area contributed by atoms with Crippen LogP contribution in [0, 0.1) is 0 Å². The van der Waals surface area contributed by atoms with E-state index in [1.165, 1.54) is 6.42 Å². The minimum Gasteiger partial charge on any atom is -0.444 e. The third-order valence-electron chi connectivity index (χ3n) is 2.22. The van der Waals surface area contributed by atoms with Gasteiger partial charge >= 0.3 is 6.09 Å². The summed E-state index contributed by atoms with van der Waals surface area (Å²) < 4.78 is 5.21. The van der Waals surface area contributed by atoms with Gasteiger partial charge in [0.25, 0.3) is 0 Å². The van der Waals surface area contributed by atoms with Gasteiger partial charge in [0.1, 0.15) is 5.60 Å². The molecule has 0 aromatic rings. The molecule has 1 saturated heterocycles. The average Bonchev–Trinajstić information content (AvgIpc) is 2.05. The number of ether oxygens (including phenoxy) is 1. The summed E-state index contributed by atoms with van der Waals surface area (Å²) >= 11 is 1.92. The van der Waals surface area contributed by atoms with Gasteiger partial charge in [-0.05, 0) is 33.6 Å². The Morgan fingerprint density at radius 3 is 2.53 bits per heavy atom. The van der Waals surface area contributed by atoms with E-state index in [0.717, 1.165) is 17.4 Å². The van der Waals surface area contributed by atoms with E-state index >= 15 is 0 Å². The molecule has 88 valence electrons. The Bertz CT molecular complexity index is 217. The summed E-state index contributed by atoms with van der Waals surface area (Å²) in [5.74, 6) is 1.00. The third kappa shape index (κ3) is 5.30. The Kier molecular flexibility index (Phi) is 4.32. The summed E-state index contributed by atoms with van der Waals surface area (Å²) in [6.45, 7) is 7.87. The molecule has 0 saturated carbocycles. The lowest BCUT2D eigenvalue weighted by atomic mass is 10.1. The van der Waals surface area contributed by atoms with Crippen molar-refractivity contribution in [3.8, 4) is 0 Å². The van der Waals surface area contributed by atoms with Crippen molar-refractivity contribution in [2.24, 2.45) is 0 Å². The van der Waals surface area contributed by atoms with Crippen LogP contribution in [0.5, 0.6) is 0 Å². The van der Waals surface area contributed by atoms with E-state index in [0.29, 0.717) is 0 Å². The number of carbonyl (C=O) groups excluding carboxylic acids is 1. The Hall–Kier alpha value is -0.380. The molecular weight excluding hydrogens is 210 g/mol. The standard InChI is InChI=1S/C11H21NO2S/c1-8-5-6-9(7-15-8)12-10(13)14-11(2,3)4/h8-9H,5-7H2,1-4H3,(H,12,13). The average molecular weight is 231 g/mol. The van der Waals surface area contributed by atoms with Gasteiger partial charge in [-0.25, -0.2) is 4.79 Å². The maximum Gasteiger partial charge on any atom is 0.407 e. The van der Waals surface area contributed by atoms with Crippen LogP contribution in [0.3, 0.4) is 0 Å². The molecule has 0 aromatic heterocycles. The highest BCUT2D eigenvalue weighted by Crippen LogP contribution is 2.24. The van der Waals surface area contributed by atoms with Crippen molar-refractivity contribution in [2.45, 2.75) is 57.4 Å². The van der Waals surface area contributed by atoms with Crippen LogP contribution in [0.25, 0.3) is 0 Å². The van der Waals surface area contributed by atoms with Gasteiger partial charge in [-0.1, -0.05) is 6.92 Å². The number of hydrogen-bond acceptors (Lipinski definition) is 3. The molecular formula is C11H21NO2S. The molecule has 0 bridgehead atoms. The molecule has 1 N–H and O–H groups in total. The van der Waals surface area contributed by atoms with Crippen LogP contribution in [-0.4, -0.2) is 28.7 Å². The largest absolute Gasteiger partial charge is 0.444 e. The van der Waals surface area contributed by atoms with Gasteiger partial charge in [0, 0.05) is 17.0 Å². The van der Waals surface area contributed by atoms with E-state index in [4.69, 9.17) is 4.74 Å². The molecule has 3 nitrogen and oxygen atoms in total. The third-order valence-corrected chi connectivity index (χ3v) is 3.62. The van der Waals surface area contributed by atoms with Crippen LogP contribution in [0.2, 0.25) is 0 Å². The van der Waals surface area contributed by atoms with Crippen LogP contribution in [0.4, 0.5) is 4.79 Å². The maximum absolute atomic E-state index is 11.5. The Morgan fingerprint density at radius 2 is 2.07 bits per heavy atom. The number of nitrogens with one attached hydrogen (secondary N) is 1. The maximum atomic E-state index is 11.5. The second-order valence-electron chi connectivity index (χ2n) is 5.06. The summed E-state index contributed by atoms with van der Waals surface area (Å²) in [7, 11) is 0. The molecule has 0 aliphatic carbocycles. The van der Waals surface area contributed by atoms with Crippen molar-refractivity contribution < 1.29 is 9.53 Å². The van der Waals surface area contributed by atoms with Crippen LogP contribution in [0.1, 0.15) is 40.5 Å². The van der Waals surface area contributed by atoms with Crippen molar-refractivity contribution in [1.29, 1.82) is 0 Å². The zero-order valence-electron chi connectivity index (χ0n) is 10.0. The molecule has 15 heavy (non-hydrogen) atoms. The van der Waals surface area contributed by atoms with E-state index in [1.807, 2.05) is 32.5 Å². The van der Waals surface area contributed by atoms with E-state index < -0.39 is 5.60 Å². The smallest absolute Gasteiger partial charge is 0.407 e. The van der Waals surface area contributed by atoms with Crippen LogP contribution in [0.15, 0.2) is 0 Å². The molecule has 1 heterocycles. The summed E-state index contributed by atoms with van der Waals surface area (Å²) in [5, 5.41) is 3.64. The predicted molar refractivity (Wildman–Crippen MR) is 64.3 cm³/mol. The second-order valence-corrected chi connectivity index (χ2v) is 6.54. The highest BCUT2D eigenvalue weighted by molar-refractivity contribution is 7.99. The van der Waals surface area contributed by atoms with Crippen molar-refractivity contribution >= 4 is 17.9 Å². The fourth-order valence-corrected chi connectivity index (χ4v) is 2.58. The molecule has 1 amide bonds. The minimum absolute atomic E-state index is 0.279. The lowest BCUT2D eigenvalue weighted by molar-refractivity contribution is 0.0506. The summed E-state index contributed by atoms with van der Waals surface area (Å²) in [6.07, 6.45) is 1.95. The van der Waals surface area contributed by atoms with Crippen LogP contribution >= 0.6 is 11.8 Å². The van der Waals surface area contributed by atoms with Crippen molar-refractivity contribution in [2.75, 3.05) is 5.75 Å². The topological polar surface area (TPSA) is 38.3 Å². The lowest BCUT2D eigenvalue weighted by Gasteiger charge is -2.28. The number of rotatable bonds is 1. The summed E-state index contributed by atoms with van der Waals surface area (Å²) in [6, 6.07) is 0.279. The normalized spacial score (nSPS) is 27.2. The molecule has 2 unspecified atom stereocenters. The van der Waals surface area contributed by atoms with E-state index in [1.54, 1.807) is 0 Å². The van der Waals surface area contributed by atoms with E-state index in [2.05, 4.69) is 12.2 Å². The molecule has 0 radical (unpaired) electrons. The Balaban J connectivity index is 2.27. The Morgan fingerprint density at radius 1 is 1.40 bits per heavy atom. The number of hydrogen-bond donors (Lipinski definition) is 1. The first-order valence-electron chi connectivity index (χ1n) is 5.48. The fraction of sp³-hybridized carbons (Fsp3) is 0.909. The first-order chi connectivity index (χ1) is 6.87. The first-order valence-corrected chi connectivity index (χ1v) is 6.53. The second kappa shape index (κ2) is 5.10. The molecule has 1 aliphatic rings. The van der Waals surface area contributed by atoms with Crippen LogP contribution in [-0.2, 0) is 4.74 Å². The molecule has 0 spiro atoms. The number of amides is 1. The van der Waals surface area contributed by atoms with Gasteiger partial charge in [-0.3, -0.25) is 0 Å². The van der Waals surface area contributed by atoms with Gasteiger partial charge < -0.3 is 10.1 Å². The quantitative estimate of drug-likeness (QED) is 0.754. The SMILES string of the molecule is CC1CCC(NC(=O)OC(C)(C)C)CS1. The molecule has 4 heteroatoms. The zero-order chi connectivity index (χ0) is 11.5. The lowest BCUT2D eigenvalue weighted by Crippen LogP contribution is -2.42. The molecule has 2 atom stereocenters. The van der Waals surface area contributed by atoms with Gasteiger partial charge in [0.15, 0.2) is 0 Å². The van der Waals surface area contributed by atoms with E-state index in [-0.39, 0.29) is 12.1 Å². The summed E-state index contributed by atoms with van der Waals surface area (Å²) in [5.41, 5.74) is -0.404. The fourth-order valence-electron chi connectivity index (χ4n) is 1.47. The van der Waals surface area contributed by atoms with Gasteiger partial charge in [-0.15, -0.1) is 0 Å².